The van der Waals surface area contributed by atoms with Crippen LogP contribution in [0.3, 0.4) is 0 Å². The Bertz CT molecular complexity index is 614. The highest BCUT2D eigenvalue weighted by atomic mass is 31.2. The summed E-state index contributed by atoms with van der Waals surface area (Å²) < 4.78 is 15.8. The van der Waals surface area contributed by atoms with Crippen molar-refractivity contribution >= 4 is 13.9 Å². The highest BCUT2D eigenvalue weighted by Gasteiger charge is 2.20. The molecule has 0 aromatic carbocycles. The monoisotopic (exact) mass is 309 g/mol. The van der Waals surface area contributed by atoms with Crippen LogP contribution in [0.4, 0.5) is 0 Å². The number of rotatable bonds is 6. The molecular weight excluding hydrogens is 289 g/mol. The Morgan fingerprint density at radius 2 is 2.14 bits per heavy atom. The fourth-order valence-corrected chi connectivity index (χ4v) is 2.07. The smallest absolute Gasteiger partial charge is 0.402 e. The van der Waals surface area contributed by atoms with Crippen molar-refractivity contribution in [3.8, 4) is 5.75 Å². The maximum atomic E-state index is 11.0. The number of allylic oxidation sites excluding steroid dienone is 4. The van der Waals surface area contributed by atoms with Crippen molar-refractivity contribution in [3.63, 3.8) is 0 Å². The van der Waals surface area contributed by atoms with Crippen LogP contribution in [0.1, 0.15) is 37.9 Å². The summed E-state index contributed by atoms with van der Waals surface area (Å²) in [6, 6.07) is 1.57. The Morgan fingerprint density at radius 1 is 1.48 bits per heavy atom. The van der Waals surface area contributed by atoms with Gasteiger partial charge in [-0.3, -0.25) is 14.8 Å². The van der Waals surface area contributed by atoms with Crippen molar-refractivity contribution in [1.29, 1.82) is 0 Å². The summed E-state index contributed by atoms with van der Waals surface area (Å²) >= 11 is 0. The van der Waals surface area contributed by atoms with Crippen molar-refractivity contribution in [2.45, 2.75) is 26.7 Å². The third-order valence-corrected chi connectivity index (χ3v) is 3.02. The lowest BCUT2D eigenvalue weighted by Crippen LogP contribution is -2.00. The molecule has 6 heteroatoms. The van der Waals surface area contributed by atoms with E-state index in [0.29, 0.717) is 11.3 Å². The number of pyridine rings is 1. The van der Waals surface area contributed by atoms with Crippen LogP contribution in [0.25, 0.3) is 6.08 Å². The minimum absolute atomic E-state index is 0.00743. The van der Waals surface area contributed by atoms with Crippen LogP contribution in [0.2, 0.25) is 0 Å². The van der Waals surface area contributed by atoms with Crippen LogP contribution in [0.5, 0.6) is 5.75 Å². The molecule has 0 saturated heterocycles. The maximum absolute atomic E-state index is 11.0. The standard InChI is InChI=1S/C15H20NO4P/c1-5-6-12(4)7-8-13-9-14(20-21(17,18)19)15(11(2)3)16-10-13/h5-11H,1H2,2-4H3,(H2,17,18,19)/b8-7+,12-6+. The summed E-state index contributed by atoms with van der Waals surface area (Å²) in [6.07, 6.45) is 8.81. The van der Waals surface area contributed by atoms with E-state index < -0.39 is 7.82 Å². The molecule has 0 aliphatic carbocycles. The van der Waals surface area contributed by atoms with Gasteiger partial charge in [-0.2, -0.15) is 0 Å². The summed E-state index contributed by atoms with van der Waals surface area (Å²) in [5.74, 6) is 0.0952. The van der Waals surface area contributed by atoms with Gasteiger partial charge in [-0.1, -0.05) is 50.3 Å². The van der Waals surface area contributed by atoms with Crippen LogP contribution in [-0.4, -0.2) is 14.8 Å². The molecular formula is C15H20NO4P. The lowest BCUT2D eigenvalue weighted by molar-refractivity contribution is 0.281. The Balaban J connectivity index is 3.15. The summed E-state index contributed by atoms with van der Waals surface area (Å²) in [7, 11) is -4.61. The number of aromatic nitrogens is 1. The van der Waals surface area contributed by atoms with Gasteiger partial charge < -0.3 is 4.52 Å². The molecule has 1 heterocycles. The molecule has 1 aromatic rings. The summed E-state index contributed by atoms with van der Waals surface area (Å²) in [6.45, 7) is 9.28. The predicted molar refractivity (Wildman–Crippen MR) is 84.0 cm³/mol. The van der Waals surface area contributed by atoms with Gasteiger partial charge in [0.2, 0.25) is 0 Å². The average Bonchev–Trinajstić information content (AvgIpc) is 2.34. The highest BCUT2D eigenvalue weighted by molar-refractivity contribution is 7.46. The highest BCUT2D eigenvalue weighted by Crippen LogP contribution is 2.40. The quantitative estimate of drug-likeness (QED) is 0.617. The molecule has 0 unspecified atom stereocenters. The van der Waals surface area contributed by atoms with E-state index in [-0.39, 0.29) is 11.7 Å². The molecule has 0 radical (unpaired) electrons. The van der Waals surface area contributed by atoms with Crippen LogP contribution in [0.15, 0.2) is 42.6 Å². The van der Waals surface area contributed by atoms with E-state index in [1.165, 1.54) is 0 Å². The number of nitrogens with zero attached hydrogens (tertiary/aromatic N) is 1. The van der Waals surface area contributed by atoms with Crippen molar-refractivity contribution in [3.05, 3.63) is 53.9 Å². The van der Waals surface area contributed by atoms with Gasteiger partial charge in [-0.15, -0.1) is 0 Å². The normalized spacial score (nSPS) is 13.0. The molecule has 1 rings (SSSR count). The van der Waals surface area contributed by atoms with Crippen molar-refractivity contribution < 1.29 is 18.9 Å². The molecule has 5 nitrogen and oxygen atoms in total. The molecule has 114 valence electrons. The first-order valence-electron chi connectivity index (χ1n) is 6.45. The maximum Gasteiger partial charge on any atom is 0.524 e. The molecule has 0 aliphatic rings. The van der Waals surface area contributed by atoms with E-state index >= 15 is 0 Å². The van der Waals surface area contributed by atoms with E-state index in [0.717, 1.165) is 5.57 Å². The van der Waals surface area contributed by atoms with Crippen LogP contribution >= 0.6 is 7.82 Å². The Hall–Kier alpha value is -1.68. The van der Waals surface area contributed by atoms with Gasteiger partial charge in [0.05, 0.1) is 5.69 Å². The molecule has 0 aliphatic heterocycles. The van der Waals surface area contributed by atoms with E-state index in [9.17, 15) is 4.57 Å². The summed E-state index contributed by atoms with van der Waals surface area (Å²) in [5, 5.41) is 0. The predicted octanol–water partition coefficient (Wildman–Crippen LogP) is 3.82. The first kappa shape index (κ1) is 17.4. The molecule has 0 atom stereocenters. The zero-order valence-corrected chi connectivity index (χ0v) is 13.2. The van der Waals surface area contributed by atoms with Crippen LogP contribution in [-0.2, 0) is 4.57 Å². The third kappa shape index (κ3) is 6.08. The number of phosphoric ester groups is 1. The molecule has 0 saturated carbocycles. The van der Waals surface area contributed by atoms with E-state index in [4.69, 9.17) is 14.3 Å². The largest absolute Gasteiger partial charge is 0.524 e. The second-order valence-electron chi connectivity index (χ2n) is 4.87. The number of hydrogen-bond donors (Lipinski definition) is 2. The van der Waals surface area contributed by atoms with Gasteiger partial charge in [-0.25, -0.2) is 4.57 Å². The second-order valence-corrected chi connectivity index (χ2v) is 6.03. The Labute approximate surface area is 124 Å². The fraction of sp³-hybridized carbons (Fsp3) is 0.267. The minimum Gasteiger partial charge on any atom is -0.402 e. The lowest BCUT2D eigenvalue weighted by atomic mass is 10.1. The zero-order chi connectivity index (χ0) is 16.0. The molecule has 0 amide bonds. The van der Waals surface area contributed by atoms with Gasteiger partial charge >= 0.3 is 7.82 Å². The number of phosphoric acid groups is 1. The SMILES string of the molecule is C=C/C=C(C)/C=C/c1cnc(C(C)C)c(OP(=O)(O)O)c1. The van der Waals surface area contributed by atoms with Crippen molar-refractivity contribution in [2.24, 2.45) is 0 Å². The Kier molecular flexibility index (Phi) is 6.09. The van der Waals surface area contributed by atoms with Gasteiger partial charge in [0.25, 0.3) is 0 Å². The fourth-order valence-electron chi connectivity index (χ4n) is 1.67. The molecule has 1 aromatic heterocycles. The Morgan fingerprint density at radius 3 is 2.67 bits per heavy atom. The van der Waals surface area contributed by atoms with Gasteiger partial charge in [-0.05, 0) is 24.5 Å². The second kappa shape index (κ2) is 7.36. The van der Waals surface area contributed by atoms with E-state index in [2.05, 4.69) is 11.6 Å². The summed E-state index contributed by atoms with van der Waals surface area (Å²) in [5.41, 5.74) is 2.20. The topological polar surface area (TPSA) is 79.7 Å². The minimum atomic E-state index is -4.61. The van der Waals surface area contributed by atoms with E-state index in [1.54, 1.807) is 24.4 Å². The molecule has 21 heavy (non-hydrogen) atoms. The molecule has 0 spiro atoms. The van der Waals surface area contributed by atoms with E-state index in [1.807, 2.05) is 32.9 Å². The first-order valence-corrected chi connectivity index (χ1v) is 7.98. The van der Waals surface area contributed by atoms with Gasteiger partial charge in [0, 0.05) is 6.20 Å². The van der Waals surface area contributed by atoms with Gasteiger partial charge in [0.1, 0.15) is 0 Å². The van der Waals surface area contributed by atoms with Crippen LogP contribution < -0.4 is 4.52 Å². The molecule has 0 fully saturated rings. The van der Waals surface area contributed by atoms with Gasteiger partial charge in [0.15, 0.2) is 5.75 Å². The lowest BCUT2D eigenvalue weighted by Gasteiger charge is -2.13. The number of hydrogen-bond acceptors (Lipinski definition) is 3. The average molecular weight is 309 g/mol. The molecule has 0 bridgehead atoms. The van der Waals surface area contributed by atoms with Crippen LogP contribution in [0, 0.1) is 0 Å². The third-order valence-electron chi connectivity index (χ3n) is 2.59. The van der Waals surface area contributed by atoms with Crippen molar-refractivity contribution in [1.82, 2.24) is 4.98 Å². The summed E-state index contributed by atoms with van der Waals surface area (Å²) in [4.78, 5) is 22.2. The van der Waals surface area contributed by atoms with Crippen molar-refractivity contribution in [2.75, 3.05) is 0 Å². The molecule has 2 N–H and O–H groups in total. The first-order chi connectivity index (χ1) is 9.73. The zero-order valence-electron chi connectivity index (χ0n) is 12.4.